The van der Waals surface area contributed by atoms with Gasteiger partial charge in [0.2, 0.25) is 5.89 Å². The van der Waals surface area contributed by atoms with E-state index in [1.54, 1.807) is 12.1 Å². The number of halogens is 1. The number of hydrogen-bond acceptors (Lipinski definition) is 7. The van der Waals surface area contributed by atoms with E-state index in [-0.39, 0.29) is 6.10 Å². The molecule has 0 aromatic carbocycles. The van der Waals surface area contributed by atoms with Crippen LogP contribution in [0.2, 0.25) is 0 Å². The van der Waals surface area contributed by atoms with Gasteiger partial charge < -0.3 is 18.9 Å². The first kappa shape index (κ1) is 14.7. The van der Waals surface area contributed by atoms with E-state index in [1.165, 1.54) is 0 Å². The van der Waals surface area contributed by atoms with Crippen LogP contribution in [0.1, 0.15) is 5.89 Å². The Morgan fingerprint density at radius 2 is 2.29 bits per heavy atom. The molecule has 0 bridgehead atoms. The third-order valence-electron chi connectivity index (χ3n) is 3.26. The summed E-state index contributed by atoms with van der Waals surface area (Å²) in [7, 11) is 1.92. The zero-order valence-corrected chi connectivity index (χ0v) is 13.3. The molecule has 1 atom stereocenters. The van der Waals surface area contributed by atoms with Crippen molar-refractivity contribution in [1.82, 2.24) is 20.4 Å². The molecule has 3 rings (SSSR count). The van der Waals surface area contributed by atoms with Crippen molar-refractivity contribution in [3.63, 3.8) is 0 Å². The molecular weight excluding hydrogens is 340 g/mol. The van der Waals surface area contributed by atoms with Gasteiger partial charge in [0.05, 0.1) is 19.3 Å². The van der Waals surface area contributed by atoms with Crippen LogP contribution in [0.3, 0.4) is 0 Å². The number of rotatable bonds is 5. The minimum atomic E-state index is 0.201. The first-order valence-electron chi connectivity index (χ1n) is 6.81. The molecule has 8 heteroatoms. The minimum absolute atomic E-state index is 0.201. The predicted octanol–water partition coefficient (Wildman–Crippen LogP) is 1.51. The monoisotopic (exact) mass is 356 g/mol. The standard InChI is InChI=1S/C13H17BrN4O3/c1-15-6-9-7-18(4-5-19-9)8-12-16-17-13(21-12)10-2-3-11(14)20-10/h2-3,9,15H,4-8H2,1H3. The maximum atomic E-state index is 5.67. The van der Waals surface area contributed by atoms with Crippen molar-refractivity contribution < 1.29 is 13.6 Å². The smallest absolute Gasteiger partial charge is 0.283 e. The van der Waals surface area contributed by atoms with E-state index in [0.29, 0.717) is 28.8 Å². The SMILES string of the molecule is CNCC1CN(Cc2nnc(-c3ccc(Br)o3)o2)CCO1. The van der Waals surface area contributed by atoms with Crippen LogP contribution in [-0.2, 0) is 11.3 Å². The van der Waals surface area contributed by atoms with Gasteiger partial charge in [0, 0.05) is 19.6 Å². The van der Waals surface area contributed by atoms with Crippen molar-refractivity contribution in [2.45, 2.75) is 12.6 Å². The molecule has 2 aromatic rings. The van der Waals surface area contributed by atoms with Crippen LogP contribution < -0.4 is 5.32 Å². The minimum Gasteiger partial charge on any atom is -0.444 e. The third-order valence-corrected chi connectivity index (χ3v) is 3.69. The van der Waals surface area contributed by atoms with E-state index >= 15 is 0 Å². The van der Waals surface area contributed by atoms with E-state index in [2.05, 4.69) is 36.3 Å². The lowest BCUT2D eigenvalue weighted by atomic mass is 10.2. The lowest BCUT2D eigenvalue weighted by molar-refractivity contribution is -0.0313. The highest BCUT2D eigenvalue weighted by molar-refractivity contribution is 9.10. The lowest BCUT2D eigenvalue weighted by Gasteiger charge is -2.31. The number of aromatic nitrogens is 2. The van der Waals surface area contributed by atoms with Gasteiger partial charge in [-0.2, -0.15) is 0 Å². The van der Waals surface area contributed by atoms with Crippen molar-refractivity contribution in [1.29, 1.82) is 0 Å². The fourth-order valence-corrected chi connectivity index (χ4v) is 2.62. The van der Waals surface area contributed by atoms with Crippen LogP contribution in [0, 0.1) is 0 Å². The highest BCUT2D eigenvalue weighted by Gasteiger charge is 2.22. The largest absolute Gasteiger partial charge is 0.444 e. The summed E-state index contributed by atoms with van der Waals surface area (Å²) in [5.74, 6) is 1.55. The molecule has 1 aliphatic rings. The molecule has 2 aromatic heterocycles. The predicted molar refractivity (Wildman–Crippen MR) is 78.6 cm³/mol. The second kappa shape index (κ2) is 6.69. The summed E-state index contributed by atoms with van der Waals surface area (Å²) >= 11 is 3.25. The third kappa shape index (κ3) is 3.70. The molecule has 0 saturated carbocycles. The molecule has 7 nitrogen and oxygen atoms in total. The molecular formula is C13H17BrN4O3. The zero-order valence-electron chi connectivity index (χ0n) is 11.7. The Morgan fingerprint density at radius 3 is 3.05 bits per heavy atom. The second-order valence-electron chi connectivity index (χ2n) is 4.89. The zero-order chi connectivity index (χ0) is 14.7. The van der Waals surface area contributed by atoms with Gasteiger partial charge in [-0.3, -0.25) is 4.90 Å². The van der Waals surface area contributed by atoms with E-state index < -0.39 is 0 Å². The van der Waals surface area contributed by atoms with Gasteiger partial charge in [0.1, 0.15) is 0 Å². The molecule has 1 unspecified atom stereocenters. The van der Waals surface area contributed by atoms with Gasteiger partial charge in [0.25, 0.3) is 5.89 Å². The Balaban J connectivity index is 1.61. The number of hydrogen-bond donors (Lipinski definition) is 1. The molecule has 0 amide bonds. The van der Waals surface area contributed by atoms with Crippen molar-refractivity contribution in [2.24, 2.45) is 0 Å². The van der Waals surface area contributed by atoms with Crippen molar-refractivity contribution >= 4 is 15.9 Å². The molecule has 0 radical (unpaired) electrons. The average molecular weight is 357 g/mol. The van der Waals surface area contributed by atoms with Crippen LogP contribution in [0.25, 0.3) is 11.7 Å². The molecule has 114 valence electrons. The van der Waals surface area contributed by atoms with Crippen LogP contribution in [-0.4, -0.2) is 54.5 Å². The molecule has 1 fully saturated rings. The Labute approximate surface area is 130 Å². The molecule has 21 heavy (non-hydrogen) atoms. The van der Waals surface area contributed by atoms with Crippen LogP contribution in [0.15, 0.2) is 25.6 Å². The number of nitrogens with one attached hydrogen (secondary N) is 1. The number of likely N-dealkylation sites (N-methyl/N-ethyl adjacent to an activating group) is 1. The summed E-state index contributed by atoms with van der Waals surface area (Å²) in [5, 5.41) is 11.2. The topological polar surface area (TPSA) is 76.6 Å². The first-order valence-corrected chi connectivity index (χ1v) is 7.60. The van der Waals surface area contributed by atoms with E-state index in [0.717, 1.165) is 26.2 Å². The maximum absolute atomic E-state index is 5.67. The molecule has 1 saturated heterocycles. The Hall–Kier alpha value is -1.22. The Bertz CT molecular complexity index is 583. The lowest BCUT2D eigenvalue weighted by Crippen LogP contribution is -2.45. The molecule has 3 heterocycles. The Kier molecular flexibility index (Phi) is 4.69. The summed E-state index contributed by atoms with van der Waals surface area (Å²) in [6.45, 7) is 3.90. The van der Waals surface area contributed by atoms with Gasteiger partial charge >= 0.3 is 0 Å². The summed E-state index contributed by atoms with van der Waals surface area (Å²) in [5.41, 5.74) is 0. The Morgan fingerprint density at radius 1 is 1.38 bits per heavy atom. The first-order chi connectivity index (χ1) is 10.2. The summed E-state index contributed by atoms with van der Waals surface area (Å²) in [4.78, 5) is 2.25. The molecule has 1 aliphatic heterocycles. The van der Waals surface area contributed by atoms with Gasteiger partial charge in [-0.05, 0) is 35.1 Å². The highest BCUT2D eigenvalue weighted by atomic mass is 79.9. The summed E-state index contributed by atoms with van der Waals surface area (Å²) in [6.07, 6.45) is 0.201. The summed E-state index contributed by atoms with van der Waals surface area (Å²) in [6, 6.07) is 3.59. The quantitative estimate of drug-likeness (QED) is 0.869. The van der Waals surface area contributed by atoms with Crippen LogP contribution in [0.5, 0.6) is 0 Å². The second-order valence-corrected chi connectivity index (χ2v) is 5.67. The number of morpholine rings is 1. The van der Waals surface area contributed by atoms with E-state index in [4.69, 9.17) is 13.6 Å². The van der Waals surface area contributed by atoms with Gasteiger partial charge in [-0.15, -0.1) is 10.2 Å². The van der Waals surface area contributed by atoms with Gasteiger partial charge in [0.15, 0.2) is 10.4 Å². The number of nitrogens with zero attached hydrogens (tertiary/aromatic N) is 3. The van der Waals surface area contributed by atoms with Crippen LogP contribution >= 0.6 is 15.9 Å². The van der Waals surface area contributed by atoms with Crippen LogP contribution in [0.4, 0.5) is 0 Å². The number of furan rings is 1. The molecule has 1 N–H and O–H groups in total. The molecule has 0 spiro atoms. The fourth-order valence-electron chi connectivity index (χ4n) is 2.31. The van der Waals surface area contributed by atoms with Crippen molar-refractivity contribution in [2.75, 3.05) is 33.3 Å². The molecule has 0 aliphatic carbocycles. The number of ether oxygens (including phenoxy) is 1. The fraction of sp³-hybridized carbons (Fsp3) is 0.538. The average Bonchev–Trinajstić information content (AvgIpc) is 3.09. The van der Waals surface area contributed by atoms with E-state index in [1.807, 2.05) is 7.05 Å². The maximum Gasteiger partial charge on any atom is 0.283 e. The van der Waals surface area contributed by atoms with E-state index in [9.17, 15) is 0 Å². The summed E-state index contributed by atoms with van der Waals surface area (Å²) < 4.78 is 17.4. The van der Waals surface area contributed by atoms with Gasteiger partial charge in [-0.1, -0.05) is 0 Å². The van der Waals surface area contributed by atoms with Crippen molar-refractivity contribution in [3.8, 4) is 11.7 Å². The normalized spacial score (nSPS) is 20.0. The van der Waals surface area contributed by atoms with Gasteiger partial charge in [-0.25, -0.2) is 0 Å². The highest BCUT2D eigenvalue weighted by Crippen LogP contribution is 2.24. The van der Waals surface area contributed by atoms with Crippen molar-refractivity contribution in [3.05, 3.63) is 22.7 Å².